The van der Waals surface area contributed by atoms with Crippen LogP contribution in [0.15, 0.2) is 54.6 Å². The molecule has 20 heavy (non-hydrogen) atoms. The molecule has 0 fully saturated rings. The summed E-state index contributed by atoms with van der Waals surface area (Å²) in [7, 11) is 1.58. The molecule has 3 rings (SSSR count). The Bertz CT molecular complexity index is 708. The van der Waals surface area contributed by atoms with Crippen LogP contribution in [0.25, 0.3) is 0 Å². The van der Waals surface area contributed by atoms with E-state index in [0.29, 0.717) is 10.9 Å². The Morgan fingerprint density at radius 2 is 1.65 bits per heavy atom. The summed E-state index contributed by atoms with van der Waals surface area (Å²) < 4.78 is 31.7. The Kier molecular flexibility index (Phi) is 3.46. The Labute approximate surface area is 120 Å². The van der Waals surface area contributed by atoms with Gasteiger partial charge in [0.15, 0.2) is 0 Å². The molecule has 2 atom stereocenters. The number of rotatable bonds is 3. The van der Waals surface area contributed by atoms with Crippen molar-refractivity contribution in [2.24, 2.45) is 0 Å². The van der Waals surface area contributed by atoms with E-state index >= 15 is 0 Å². The third-order valence-corrected chi connectivity index (χ3v) is 8.33. The van der Waals surface area contributed by atoms with Crippen LogP contribution in [0.1, 0.15) is 17.2 Å². The Hall–Kier alpha value is -1.48. The minimum absolute atomic E-state index is 0.360. The van der Waals surface area contributed by atoms with Gasteiger partial charge in [0.1, 0.15) is 0 Å². The molecule has 0 aliphatic heterocycles. The molecule has 4 heteroatoms. The predicted octanol–water partition coefficient (Wildman–Crippen LogP) is 2.51. The average Bonchev–Trinajstić information content (AvgIpc) is 2.87. The molecule has 0 saturated carbocycles. The second-order valence-corrected chi connectivity index (χ2v) is 9.50. The molecule has 104 valence electrons. The number of fused-ring (bicyclic) bond motifs is 1. The van der Waals surface area contributed by atoms with Crippen molar-refractivity contribution in [3.8, 4) is 0 Å². The van der Waals surface area contributed by atoms with Gasteiger partial charge in [0.05, 0.1) is 0 Å². The van der Waals surface area contributed by atoms with Crippen molar-refractivity contribution in [2.75, 3.05) is 7.11 Å². The normalized spacial score (nSPS) is 21.6. The van der Waals surface area contributed by atoms with Gasteiger partial charge in [0.2, 0.25) is 0 Å². The van der Waals surface area contributed by atoms with Crippen LogP contribution in [0.2, 0.25) is 4.82 Å². The second kappa shape index (κ2) is 5.13. The van der Waals surface area contributed by atoms with E-state index < -0.39 is 17.5 Å². The molecule has 3 nitrogen and oxygen atoms in total. The van der Waals surface area contributed by atoms with E-state index in [1.165, 1.54) is 0 Å². The standard InChI is InChI=1S/C16H16O3Se/c1-19-16-14-10-6-5-7-12(14)11-15(16)20(17,18)13-8-3-2-4-9-13/h2-10,15-16H,11H2,1H3/t15-,16-/m1/s1. The number of benzene rings is 2. The van der Waals surface area contributed by atoms with Crippen molar-refractivity contribution in [1.82, 2.24) is 0 Å². The fraction of sp³-hybridized carbons (Fsp3) is 0.250. The van der Waals surface area contributed by atoms with Crippen LogP contribution >= 0.6 is 0 Å². The summed E-state index contributed by atoms with van der Waals surface area (Å²) in [6.45, 7) is 0. The third kappa shape index (κ3) is 2.10. The van der Waals surface area contributed by atoms with Crippen molar-refractivity contribution >= 4 is 17.2 Å². The Morgan fingerprint density at radius 3 is 2.35 bits per heavy atom. The van der Waals surface area contributed by atoms with Crippen LogP contribution in [-0.4, -0.2) is 19.8 Å². The first-order valence-electron chi connectivity index (χ1n) is 6.54. The molecule has 2 aromatic carbocycles. The van der Waals surface area contributed by atoms with E-state index in [1.807, 2.05) is 30.3 Å². The summed E-state index contributed by atoms with van der Waals surface area (Å²) in [4.78, 5) is -0.476. The number of hydrogen-bond acceptors (Lipinski definition) is 3. The quantitative estimate of drug-likeness (QED) is 0.810. The van der Waals surface area contributed by atoms with E-state index in [1.54, 1.807) is 31.4 Å². The van der Waals surface area contributed by atoms with Gasteiger partial charge in [0, 0.05) is 0 Å². The SMILES string of the molecule is CO[C@@H]1c2ccccc2C[C@H]1[Se](=O)(=O)c1ccccc1. The maximum absolute atomic E-state index is 12.9. The summed E-state index contributed by atoms with van der Waals surface area (Å²) in [5.41, 5.74) is 2.08. The predicted molar refractivity (Wildman–Crippen MR) is 76.8 cm³/mol. The van der Waals surface area contributed by atoms with Crippen molar-refractivity contribution in [2.45, 2.75) is 17.3 Å². The van der Waals surface area contributed by atoms with Crippen LogP contribution in [0.5, 0.6) is 0 Å². The molecule has 0 amide bonds. The molecule has 0 unspecified atom stereocenters. The fourth-order valence-corrected chi connectivity index (χ4v) is 6.78. The van der Waals surface area contributed by atoms with Crippen LogP contribution in [0, 0.1) is 0 Å². The molecular formula is C16H16O3Se. The van der Waals surface area contributed by atoms with Gasteiger partial charge >= 0.3 is 120 Å². The fourth-order valence-electron chi connectivity index (χ4n) is 2.86. The molecule has 0 bridgehead atoms. The molecule has 1 aliphatic carbocycles. The molecule has 0 N–H and O–H groups in total. The Balaban J connectivity index is 2.04. The number of ether oxygens (including phenoxy) is 1. The van der Waals surface area contributed by atoms with Gasteiger partial charge in [-0.1, -0.05) is 0 Å². The first-order chi connectivity index (χ1) is 9.64. The van der Waals surface area contributed by atoms with Gasteiger partial charge in [-0.25, -0.2) is 0 Å². The summed E-state index contributed by atoms with van der Waals surface area (Å²) in [5, 5.41) is 0. The van der Waals surface area contributed by atoms with E-state index in [9.17, 15) is 7.67 Å². The van der Waals surface area contributed by atoms with Crippen molar-refractivity contribution in [3.63, 3.8) is 0 Å². The molecule has 0 saturated heterocycles. The van der Waals surface area contributed by atoms with E-state index in [4.69, 9.17) is 4.74 Å². The minimum atomic E-state index is -4.26. The zero-order chi connectivity index (χ0) is 14.2. The summed E-state index contributed by atoms with van der Waals surface area (Å²) in [6, 6.07) is 16.5. The van der Waals surface area contributed by atoms with Gasteiger partial charge in [-0.2, -0.15) is 0 Å². The van der Waals surface area contributed by atoms with Crippen molar-refractivity contribution in [1.29, 1.82) is 0 Å². The third-order valence-electron chi connectivity index (χ3n) is 3.84. The molecule has 0 radical (unpaired) electrons. The van der Waals surface area contributed by atoms with Crippen LogP contribution in [0.3, 0.4) is 0 Å². The van der Waals surface area contributed by atoms with Crippen molar-refractivity contribution in [3.05, 3.63) is 65.7 Å². The number of methoxy groups -OCH3 is 1. The topological polar surface area (TPSA) is 43.4 Å². The molecule has 1 aliphatic rings. The molecular weight excluding hydrogens is 319 g/mol. The summed E-state index contributed by atoms with van der Waals surface area (Å²) >= 11 is -4.26. The van der Waals surface area contributed by atoms with Gasteiger partial charge < -0.3 is 0 Å². The van der Waals surface area contributed by atoms with E-state index in [2.05, 4.69) is 0 Å². The summed E-state index contributed by atoms with van der Waals surface area (Å²) in [6.07, 6.45) is 0.178. The summed E-state index contributed by atoms with van der Waals surface area (Å²) in [5.74, 6) is 0. The van der Waals surface area contributed by atoms with Gasteiger partial charge in [-0.15, -0.1) is 0 Å². The van der Waals surface area contributed by atoms with Crippen molar-refractivity contribution < 1.29 is 12.4 Å². The van der Waals surface area contributed by atoms with Crippen LogP contribution in [0.4, 0.5) is 0 Å². The first kappa shape index (κ1) is 13.5. The van der Waals surface area contributed by atoms with Crippen LogP contribution < -0.4 is 4.46 Å². The first-order valence-corrected chi connectivity index (χ1v) is 9.78. The Morgan fingerprint density at radius 1 is 1.00 bits per heavy atom. The molecule has 0 heterocycles. The number of hydrogen-bond donors (Lipinski definition) is 0. The zero-order valence-electron chi connectivity index (χ0n) is 11.2. The molecule has 0 aromatic heterocycles. The molecule has 0 spiro atoms. The monoisotopic (exact) mass is 336 g/mol. The maximum atomic E-state index is 12.9. The van der Waals surface area contributed by atoms with Gasteiger partial charge in [-0.05, 0) is 0 Å². The zero-order valence-corrected chi connectivity index (χ0v) is 12.9. The molecule has 2 aromatic rings. The second-order valence-electron chi connectivity index (χ2n) is 4.96. The average molecular weight is 335 g/mol. The van der Waals surface area contributed by atoms with Crippen LogP contribution in [-0.2, 0) is 18.8 Å². The van der Waals surface area contributed by atoms with E-state index in [-0.39, 0.29) is 6.10 Å². The van der Waals surface area contributed by atoms with E-state index in [0.717, 1.165) is 11.1 Å². The van der Waals surface area contributed by atoms with Gasteiger partial charge in [0.25, 0.3) is 0 Å². The van der Waals surface area contributed by atoms with Gasteiger partial charge in [-0.3, -0.25) is 0 Å².